The summed E-state index contributed by atoms with van der Waals surface area (Å²) < 4.78 is 11.2. The molecule has 0 radical (unpaired) electrons. The summed E-state index contributed by atoms with van der Waals surface area (Å²) in [5, 5.41) is 9.15. The highest BCUT2D eigenvalue weighted by Gasteiger charge is 2.34. The van der Waals surface area contributed by atoms with Crippen molar-refractivity contribution in [1.29, 1.82) is 0 Å². The summed E-state index contributed by atoms with van der Waals surface area (Å²) in [6, 6.07) is 0.300. The van der Waals surface area contributed by atoms with Crippen LogP contribution in [0.15, 0.2) is 0 Å². The summed E-state index contributed by atoms with van der Waals surface area (Å²) in [6.07, 6.45) is 1.05. The van der Waals surface area contributed by atoms with Gasteiger partial charge in [-0.1, -0.05) is 0 Å². The standard InChI is InChI=1S/C12H23N3O4/c1-8-7-18-10(6-16)5-15(8)4-9-2-3-11(19-9)12(17)14-13/h8-11,16H,2-7,13H2,1H3,(H,14,17). The Morgan fingerprint density at radius 3 is 2.95 bits per heavy atom. The first kappa shape index (κ1) is 14.7. The van der Waals surface area contributed by atoms with E-state index in [0.29, 0.717) is 25.6 Å². The monoisotopic (exact) mass is 273 g/mol. The molecular formula is C12H23N3O4. The summed E-state index contributed by atoms with van der Waals surface area (Å²) in [7, 11) is 0. The van der Waals surface area contributed by atoms with Gasteiger partial charge in [-0.25, -0.2) is 5.84 Å². The molecule has 0 bridgehead atoms. The minimum Gasteiger partial charge on any atom is -0.394 e. The second-order valence-corrected chi connectivity index (χ2v) is 5.27. The molecule has 0 spiro atoms. The van der Waals surface area contributed by atoms with E-state index in [1.165, 1.54) is 0 Å². The molecule has 2 aliphatic rings. The number of amides is 1. The molecule has 0 saturated carbocycles. The fraction of sp³-hybridized carbons (Fsp3) is 0.917. The van der Waals surface area contributed by atoms with Crippen molar-refractivity contribution in [1.82, 2.24) is 10.3 Å². The Hall–Kier alpha value is -0.730. The SMILES string of the molecule is CC1COC(CO)CN1CC1CCC(C(=O)NN)O1. The van der Waals surface area contributed by atoms with Crippen LogP contribution in [0.2, 0.25) is 0 Å². The van der Waals surface area contributed by atoms with Crippen molar-refractivity contribution >= 4 is 5.91 Å². The number of aliphatic hydroxyl groups excluding tert-OH is 1. The molecule has 7 heteroatoms. The lowest BCUT2D eigenvalue weighted by atomic mass is 10.1. The summed E-state index contributed by atoms with van der Waals surface area (Å²) in [6.45, 7) is 4.20. The van der Waals surface area contributed by atoms with Gasteiger partial charge in [0.25, 0.3) is 5.91 Å². The summed E-state index contributed by atoms with van der Waals surface area (Å²) >= 11 is 0. The third kappa shape index (κ3) is 3.64. The number of hydrogen-bond donors (Lipinski definition) is 3. The van der Waals surface area contributed by atoms with E-state index in [9.17, 15) is 4.79 Å². The van der Waals surface area contributed by atoms with Crippen LogP contribution in [0.1, 0.15) is 19.8 Å². The number of nitrogens with one attached hydrogen (secondary N) is 1. The number of rotatable bonds is 4. The van der Waals surface area contributed by atoms with Gasteiger partial charge in [0.05, 0.1) is 25.4 Å². The number of ether oxygens (including phenoxy) is 2. The molecule has 4 N–H and O–H groups in total. The molecule has 4 atom stereocenters. The van der Waals surface area contributed by atoms with Crippen LogP contribution in [-0.2, 0) is 14.3 Å². The predicted molar refractivity (Wildman–Crippen MR) is 68.1 cm³/mol. The van der Waals surface area contributed by atoms with Crippen LogP contribution in [0.25, 0.3) is 0 Å². The highest BCUT2D eigenvalue weighted by molar-refractivity contribution is 5.80. The molecule has 2 rings (SSSR count). The fourth-order valence-electron chi connectivity index (χ4n) is 2.63. The number of nitrogens with zero attached hydrogens (tertiary/aromatic N) is 1. The molecule has 0 aromatic carbocycles. The number of aliphatic hydroxyl groups is 1. The Bertz CT molecular complexity index is 315. The molecule has 0 aliphatic carbocycles. The van der Waals surface area contributed by atoms with Gasteiger partial charge in [0.15, 0.2) is 0 Å². The highest BCUT2D eigenvalue weighted by atomic mass is 16.5. The topological polar surface area (TPSA) is 97.1 Å². The molecule has 4 unspecified atom stereocenters. The second-order valence-electron chi connectivity index (χ2n) is 5.27. The third-order valence-corrected chi connectivity index (χ3v) is 3.82. The van der Waals surface area contributed by atoms with E-state index in [-0.39, 0.29) is 24.7 Å². The Labute approximate surface area is 113 Å². The largest absolute Gasteiger partial charge is 0.394 e. The van der Waals surface area contributed by atoms with Crippen LogP contribution < -0.4 is 11.3 Å². The van der Waals surface area contributed by atoms with Gasteiger partial charge in [-0.15, -0.1) is 0 Å². The quantitative estimate of drug-likeness (QED) is 0.331. The van der Waals surface area contributed by atoms with Gasteiger partial charge >= 0.3 is 0 Å². The van der Waals surface area contributed by atoms with Crippen molar-refractivity contribution in [2.45, 2.75) is 44.1 Å². The van der Waals surface area contributed by atoms with Crippen LogP contribution in [0, 0.1) is 0 Å². The minimum atomic E-state index is -0.431. The van der Waals surface area contributed by atoms with Crippen molar-refractivity contribution in [2.75, 3.05) is 26.3 Å². The molecule has 110 valence electrons. The lowest BCUT2D eigenvalue weighted by Gasteiger charge is -2.38. The van der Waals surface area contributed by atoms with E-state index in [1.54, 1.807) is 0 Å². The average molecular weight is 273 g/mol. The molecule has 2 saturated heterocycles. The molecule has 0 aromatic heterocycles. The van der Waals surface area contributed by atoms with Crippen molar-refractivity contribution in [3.8, 4) is 0 Å². The lowest BCUT2D eigenvalue weighted by Crippen LogP contribution is -2.51. The second kappa shape index (κ2) is 6.62. The Balaban J connectivity index is 1.82. The maximum atomic E-state index is 11.4. The van der Waals surface area contributed by atoms with Gasteiger partial charge in [0, 0.05) is 19.1 Å². The summed E-state index contributed by atoms with van der Waals surface area (Å²) in [4.78, 5) is 13.6. The normalized spacial score (nSPS) is 36.4. The first-order valence-corrected chi connectivity index (χ1v) is 6.76. The number of nitrogens with two attached hydrogens (primary N) is 1. The maximum Gasteiger partial charge on any atom is 0.263 e. The number of morpholine rings is 1. The van der Waals surface area contributed by atoms with Gasteiger partial charge in [-0.05, 0) is 19.8 Å². The molecular weight excluding hydrogens is 250 g/mol. The number of hydrogen-bond acceptors (Lipinski definition) is 6. The predicted octanol–water partition coefficient (Wildman–Crippen LogP) is -1.39. The molecule has 19 heavy (non-hydrogen) atoms. The van der Waals surface area contributed by atoms with E-state index in [1.807, 2.05) is 0 Å². The maximum absolute atomic E-state index is 11.4. The van der Waals surface area contributed by atoms with Crippen molar-refractivity contribution in [3.05, 3.63) is 0 Å². The molecule has 2 fully saturated rings. The zero-order chi connectivity index (χ0) is 13.8. The third-order valence-electron chi connectivity index (χ3n) is 3.82. The van der Waals surface area contributed by atoms with Gasteiger partial charge in [0.1, 0.15) is 6.10 Å². The molecule has 7 nitrogen and oxygen atoms in total. The number of carbonyl (C=O) groups is 1. The van der Waals surface area contributed by atoms with Crippen molar-refractivity contribution in [2.24, 2.45) is 5.84 Å². The van der Waals surface area contributed by atoms with E-state index in [0.717, 1.165) is 13.0 Å². The first-order chi connectivity index (χ1) is 9.13. The van der Waals surface area contributed by atoms with Crippen LogP contribution in [-0.4, -0.2) is 66.6 Å². The van der Waals surface area contributed by atoms with E-state index in [4.69, 9.17) is 20.4 Å². The zero-order valence-electron chi connectivity index (χ0n) is 11.2. The van der Waals surface area contributed by atoms with Crippen LogP contribution in [0.4, 0.5) is 0 Å². The minimum absolute atomic E-state index is 0.0347. The van der Waals surface area contributed by atoms with Gasteiger partial charge in [0.2, 0.25) is 0 Å². The van der Waals surface area contributed by atoms with Gasteiger partial charge < -0.3 is 14.6 Å². The summed E-state index contributed by atoms with van der Waals surface area (Å²) in [5.74, 6) is 4.85. The number of hydrazine groups is 1. The lowest BCUT2D eigenvalue weighted by molar-refractivity contribution is -0.133. The molecule has 2 aliphatic heterocycles. The van der Waals surface area contributed by atoms with Gasteiger partial charge in [-0.2, -0.15) is 0 Å². The van der Waals surface area contributed by atoms with Crippen LogP contribution >= 0.6 is 0 Å². The van der Waals surface area contributed by atoms with Crippen molar-refractivity contribution in [3.63, 3.8) is 0 Å². The van der Waals surface area contributed by atoms with Gasteiger partial charge in [-0.3, -0.25) is 15.1 Å². The van der Waals surface area contributed by atoms with E-state index >= 15 is 0 Å². The zero-order valence-corrected chi connectivity index (χ0v) is 11.2. The Morgan fingerprint density at radius 1 is 1.47 bits per heavy atom. The van der Waals surface area contributed by atoms with E-state index in [2.05, 4.69) is 17.2 Å². The molecule has 1 amide bonds. The summed E-state index contributed by atoms with van der Waals surface area (Å²) in [5.41, 5.74) is 2.13. The average Bonchev–Trinajstić information content (AvgIpc) is 2.89. The first-order valence-electron chi connectivity index (χ1n) is 6.76. The highest BCUT2D eigenvalue weighted by Crippen LogP contribution is 2.22. The van der Waals surface area contributed by atoms with Crippen molar-refractivity contribution < 1.29 is 19.4 Å². The Morgan fingerprint density at radius 2 is 2.26 bits per heavy atom. The fourth-order valence-corrected chi connectivity index (χ4v) is 2.63. The Kier molecular flexibility index (Phi) is 5.12. The van der Waals surface area contributed by atoms with Crippen LogP contribution in [0.5, 0.6) is 0 Å². The molecule has 0 aromatic rings. The van der Waals surface area contributed by atoms with Crippen LogP contribution in [0.3, 0.4) is 0 Å². The number of carbonyl (C=O) groups excluding carboxylic acids is 1. The van der Waals surface area contributed by atoms with E-state index < -0.39 is 6.10 Å². The molecule has 2 heterocycles. The smallest absolute Gasteiger partial charge is 0.263 e.